The van der Waals surface area contributed by atoms with Crippen molar-refractivity contribution < 1.29 is 26.2 Å². The van der Waals surface area contributed by atoms with E-state index in [4.69, 9.17) is 23.5 Å². The molecule has 11 nitrogen and oxygen atoms in total. The molecule has 1 aromatic heterocycles. The molecular formula is C25H45N3O8SSi2. The summed E-state index contributed by atoms with van der Waals surface area (Å²) in [7, 11) is -9.15. The third kappa shape index (κ3) is 5.79. The van der Waals surface area contributed by atoms with Gasteiger partial charge in [-0.05, 0) is 42.7 Å². The van der Waals surface area contributed by atoms with Crippen molar-refractivity contribution in [1.82, 2.24) is 9.55 Å². The van der Waals surface area contributed by atoms with Crippen molar-refractivity contribution in [2.75, 3.05) is 6.61 Å². The van der Waals surface area contributed by atoms with Crippen molar-refractivity contribution in [2.45, 2.75) is 115 Å². The minimum atomic E-state index is -4.18. The van der Waals surface area contributed by atoms with Crippen LogP contribution < -0.4 is 17.0 Å². The van der Waals surface area contributed by atoms with Gasteiger partial charge in [0.25, 0.3) is 15.7 Å². The van der Waals surface area contributed by atoms with Crippen molar-refractivity contribution in [1.29, 1.82) is 0 Å². The highest BCUT2D eigenvalue weighted by Gasteiger charge is 2.67. The van der Waals surface area contributed by atoms with Crippen molar-refractivity contribution in [2.24, 2.45) is 5.73 Å². The molecule has 2 aliphatic heterocycles. The number of hydrogen-bond acceptors (Lipinski definition) is 9. The minimum absolute atomic E-state index is 0.0346. The molecule has 0 radical (unpaired) electrons. The summed E-state index contributed by atoms with van der Waals surface area (Å²) >= 11 is 0. The average Bonchev–Trinajstić information content (AvgIpc) is 3.17. The SMILES string of the molecule is CCc1cn([C@@H]2O[C@H](CO[Si](C)(C)C(C)(C)C)[C@@]3(OS(=O)(=O)C=C3N)[C@H]2O[Si](C)(C)C(C)(C)C)c(=O)[nH]c1=O. The van der Waals surface area contributed by atoms with Crippen LogP contribution in [0.4, 0.5) is 0 Å². The Morgan fingerprint density at radius 3 is 2.10 bits per heavy atom. The van der Waals surface area contributed by atoms with Crippen LogP contribution in [0.5, 0.6) is 0 Å². The average molecular weight is 604 g/mol. The standard InChI is InChI=1S/C25H45N3O8SSi2/c1-12-16-13-28(22(30)27-20(16)29)21-19(35-39(10,11)24(5,6)7)25(17(26)15-37(31,32)36-25)18(34-21)14-33-38(8,9)23(2,3)4/h13,15,18-19,21H,12,14,26H2,1-11H3,(H,27,29,30)/t18-,19+,21-,25-/m1/s1. The second-order valence-corrected chi connectivity index (χ2v) is 24.5. The fourth-order valence-electron chi connectivity index (χ4n) is 4.18. The van der Waals surface area contributed by atoms with Crippen LogP contribution in [-0.4, -0.2) is 59.0 Å². The van der Waals surface area contributed by atoms with Crippen molar-refractivity contribution in [3.8, 4) is 0 Å². The third-order valence-corrected chi connectivity index (χ3v) is 18.8. The van der Waals surface area contributed by atoms with Crippen LogP contribution in [0.25, 0.3) is 0 Å². The first-order chi connectivity index (χ1) is 17.5. The predicted octanol–water partition coefficient (Wildman–Crippen LogP) is 3.31. The summed E-state index contributed by atoms with van der Waals surface area (Å²) in [5.41, 5.74) is 3.77. The highest BCUT2D eigenvalue weighted by Crippen LogP contribution is 2.52. The van der Waals surface area contributed by atoms with Gasteiger partial charge in [0, 0.05) is 11.8 Å². The first kappa shape index (κ1) is 32.0. The van der Waals surface area contributed by atoms with Gasteiger partial charge in [0.05, 0.1) is 17.7 Å². The summed E-state index contributed by atoms with van der Waals surface area (Å²) < 4.78 is 52.5. The zero-order valence-corrected chi connectivity index (χ0v) is 27.8. The van der Waals surface area contributed by atoms with Crippen molar-refractivity contribution in [3.63, 3.8) is 0 Å². The van der Waals surface area contributed by atoms with E-state index in [1.165, 1.54) is 10.8 Å². The Labute approximate surface area is 233 Å². The number of aromatic nitrogens is 2. The molecule has 0 aliphatic carbocycles. The number of hydrogen-bond donors (Lipinski definition) is 2. The molecule has 4 atom stereocenters. The molecule has 0 unspecified atom stereocenters. The minimum Gasteiger partial charge on any atom is -0.414 e. The lowest BCUT2D eigenvalue weighted by Gasteiger charge is -2.43. The van der Waals surface area contributed by atoms with Gasteiger partial charge in [-0.25, -0.2) is 8.98 Å². The Morgan fingerprint density at radius 1 is 1.08 bits per heavy atom. The monoisotopic (exact) mass is 603 g/mol. The van der Waals surface area contributed by atoms with Gasteiger partial charge < -0.3 is 19.3 Å². The molecule has 1 spiro atoms. The Morgan fingerprint density at radius 2 is 1.64 bits per heavy atom. The molecule has 1 saturated heterocycles. The Bertz CT molecular complexity index is 1350. The lowest BCUT2D eigenvalue weighted by Crippen LogP contribution is -2.59. The quantitative estimate of drug-likeness (QED) is 0.353. The van der Waals surface area contributed by atoms with E-state index in [1.54, 1.807) is 6.92 Å². The maximum absolute atomic E-state index is 13.1. The Balaban J connectivity index is 2.25. The van der Waals surface area contributed by atoms with Gasteiger partial charge in [-0.2, -0.15) is 8.42 Å². The summed E-state index contributed by atoms with van der Waals surface area (Å²) in [6.45, 7) is 22.3. The van der Waals surface area contributed by atoms with E-state index in [0.29, 0.717) is 12.0 Å². The van der Waals surface area contributed by atoms with E-state index in [9.17, 15) is 18.0 Å². The zero-order chi connectivity index (χ0) is 30.0. The molecule has 1 aromatic rings. The number of aromatic amines is 1. The van der Waals surface area contributed by atoms with Crippen LogP contribution in [0.15, 0.2) is 26.9 Å². The number of aryl methyl sites for hydroxylation is 1. The number of ether oxygens (including phenoxy) is 1. The molecule has 3 heterocycles. The van der Waals surface area contributed by atoms with E-state index in [-0.39, 0.29) is 22.4 Å². The zero-order valence-electron chi connectivity index (χ0n) is 25.0. The van der Waals surface area contributed by atoms with E-state index in [2.05, 4.69) is 38.8 Å². The van der Waals surface area contributed by atoms with E-state index in [0.717, 1.165) is 5.41 Å². The topological polar surface area (TPSA) is 152 Å². The first-order valence-electron chi connectivity index (χ1n) is 13.2. The van der Waals surface area contributed by atoms with E-state index in [1.807, 2.05) is 33.9 Å². The highest BCUT2D eigenvalue weighted by molar-refractivity contribution is 7.90. The van der Waals surface area contributed by atoms with Crippen LogP contribution in [0, 0.1) is 0 Å². The highest BCUT2D eigenvalue weighted by atomic mass is 32.2. The molecule has 0 saturated carbocycles. The van der Waals surface area contributed by atoms with Crippen LogP contribution in [0.2, 0.25) is 36.3 Å². The Hall–Kier alpha value is -1.56. The molecule has 2 aliphatic rings. The summed E-state index contributed by atoms with van der Waals surface area (Å²) in [5.74, 6) is 0. The predicted molar refractivity (Wildman–Crippen MR) is 155 cm³/mol. The summed E-state index contributed by atoms with van der Waals surface area (Å²) in [4.78, 5) is 27.8. The van der Waals surface area contributed by atoms with Crippen LogP contribution >= 0.6 is 0 Å². The van der Waals surface area contributed by atoms with Crippen molar-refractivity contribution >= 4 is 26.8 Å². The number of rotatable bonds is 7. The van der Waals surface area contributed by atoms with Gasteiger partial charge in [-0.3, -0.25) is 14.3 Å². The smallest absolute Gasteiger partial charge is 0.330 e. The molecule has 0 aromatic carbocycles. The molecule has 39 heavy (non-hydrogen) atoms. The molecular weight excluding hydrogens is 559 g/mol. The molecule has 222 valence electrons. The van der Waals surface area contributed by atoms with Crippen molar-refractivity contribution in [3.05, 3.63) is 43.7 Å². The lowest BCUT2D eigenvalue weighted by molar-refractivity contribution is -0.0563. The van der Waals surface area contributed by atoms with Gasteiger partial charge in [0.15, 0.2) is 28.5 Å². The largest absolute Gasteiger partial charge is 0.414 e. The maximum Gasteiger partial charge on any atom is 0.330 e. The second-order valence-electron chi connectivity index (χ2n) is 13.5. The van der Waals surface area contributed by atoms with Gasteiger partial charge >= 0.3 is 5.69 Å². The van der Waals surface area contributed by atoms with E-state index >= 15 is 0 Å². The van der Waals surface area contributed by atoms with E-state index < -0.39 is 62.0 Å². The summed E-state index contributed by atoms with van der Waals surface area (Å²) in [6.07, 6.45) is -1.51. The first-order valence-corrected chi connectivity index (χ1v) is 20.5. The molecule has 1 fully saturated rings. The Kier molecular flexibility index (Phi) is 8.25. The van der Waals surface area contributed by atoms with Gasteiger partial charge in [0.2, 0.25) is 0 Å². The van der Waals surface area contributed by atoms with Crippen LogP contribution in [0.3, 0.4) is 0 Å². The summed E-state index contributed by atoms with van der Waals surface area (Å²) in [6, 6.07) is 0. The maximum atomic E-state index is 13.1. The van der Waals surface area contributed by atoms with Gasteiger partial charge in [-0.1, -0.05) is 48.5 Å². The lowest BCUT2D eigenvalue weighted by atomic mass is 9.89. The normalized spacial score (nSPS) is 27.8. The number of nitrogens with two attached hydrogens (primary N) is 1. The molecule has 3 rings (SSSR count). The number of nitrogens with one attached hydrogen (secondary N) is 1. The van der Waals surface area contributed by atoms with Gasteiger partial charge in [0.1, 0.15) is 12.2 Å². The van der Waals surface area contributed by atoms with Crippen LogP contribution in [0.1, 0.15) is 60.3 Å². The number of nitrogens with zero attached hydrogens (tertiary/aromatic N) is 1. The number of H-pyrrole nitrogens is 1. The second kappa shape index (κ2) is 10.1. The van der Waals surface area contributed by atoms with Gasteiger partial charge in [-0.15, -0.1) is 0 Å². The van der Waals surface area contributed by atoms with Crippen LogP contribution in [-0.2, 0) is 34.3 Å². The fraction of sp³-hybridized carbons (Fsp3) is 0.760. The molecule has 0 amide bonds. The molecule has 3 N–H and O–H groups in total. The molecule has 14 heteroatoms. The summed E-state index contributed by atoms with van der Waals surface area (Å²) in [5, 5.41) is 0.466. The third-order valence-electron chi connectivity index (χ3n) is 8.77. The fourth-order valence-corrected chi connectivity index (χ4v) is 7.69. The molecule has 0 bridgehead atoms.